The lowest BCUT2D eigenvalue weighted by molar-refractivity contribution is 0.734. The number of hydrogen-bond donors (Lipinski definition) is 0. The van der Waals surface area contributed by atoms with Crippen LogP contribution in [0.25, 0.3) is 0 Å². The number of hydrogen-bond acceptors (Lipinski definition) is 1. The highest BCUT2D eigenvalue weighted by Crippen LogP contribution is 2.14. The van der Waals surface area contributed by atoms with Crippen LogP contribution in [-0.2, 0) is 0 Å². The third kappa shape index (κ3) is 2.33. The van der Waals surface area contributed by atoms with Gasteiger partial charge in [-0.05, 0) is 38.3 Å². The summed E-state index contributed by atoms with van der Waals surface area (Å²) in [7, 11) is 0. The van der Waals surface area contributed by atoms with Crippen LogP contribution in [0, 0.1) is 5.92 Å². The third-order valence-corrected chi connectivity index (χ3v) is 2.21. The maximum atomic E-state index is 4.45. The standard InChI is InChI=1S/C11H17N/c1-8-5-9(2)10(3)6-11(4)12-7-8/h5-6,8H,7H2,1-4H3. The van der Waals surface area contributed by atoms with E-state index in [1.54, 1.807) is 0 Å². The quantitative estimate of drug-likeness (QED) is 0.520. The fourth-order valence-corrected chi connectivity index (χ4v) is 1.37. The summed E-state index contributed by atoms with van der Waals surface area (Å²) in [4.78, 5) is 4.45. The summed E-state index contributed by atoms with van der Waals surface area (Å²) >= 11 is 0. The van der Waals surface area contributed by atoms with Gasteiger partial charge in [-0.15, -0.1) is 0 Å². The lowest BCUT2D eigenvalue weighted by atomic mass is 10.0. The van der Waals surface area contributed by atoms with Crippen molar-refractivity contribution >= 4 is 5.71 Å². The van der Waals surface area contributed by atoms with Crippen molar-refractivity contribution in [2.24, 2.45) is 10.9 Å². The first-order valence-electron chi connectivity index (χ1n) is 4.47. The van der Waals surface area contributed by atoms with E-state index in [0.717, 1.165) is 12.3 Å². The zero-order valence-electron chi connectivity index (χ0n) is 8.39. The second kappa shape index (κ2) is 3.70. The summed E-state index contributed by atoms with van der Waals surface area (Å²) in [6.07, 6.45) is 4.44. The predicted octanol–water partition coefficient (Wildman–Crippen LogP) is 2.99. The van der Waals surface area contributed by atoms with Crippen LogP contribution in [0.5, 0.6) is 0 Å². The van der Waals surface area contributed by atoms with E-state index in [-0.39, 0.29) is 0 Å². The van der Waals surface area contributed by atoms with Gasteiger partial charge in [-0.25, -0.2) is 0 Å². The fourth-order valence-electron chi connectivity index (χ4n) is 1.37. The van der Waals surface area contributed by atoms with E-state index in [9.17, 15) is 0 Å². The highest BCUT2D eigenvalue weighted by Gasteiger charge is 2.03. The molecule has 0 aromatic rings. The van der Waals surface area contributed by atoms with E-state index >= 15 is 0 Å². The molecule has 1 aliphatic rings. The second-order valence-corrected chi connectivity index (χ2v) is 3.64. The van der Waals surface area contributed by atoms with E-state index in [1.807, 2.05) is 0 Å². The molecule has 1 heteroatoms. The van der Waals surface area contributed by atoms with Gasteiger partial charge < -0.3 is 0 Å². The Kier molecular flexibility index (Phi) is 2.85. The minimum absolute atomic E-state index is 0.573. The Morgan fingerprint density at radius 2 is 1.92 bits per heavy atom. The van der Waals surface area contributed by atoms with E-state index < -0.39 is 0 Å². The molecule has 1 unspecified atom stereocenters. The SMILES string of the molecule is CC1=CC(C)=NCC(C)C=C1C. The third-order valence-electron chi connectivity index (χ3n) is 2.21. The van der Waals surface area contributed by atoms with Crippen LogP contribution >= 0.6 is 0 Å². The van der Waals surface area contributed by atoms with Crippen LogP contribution in [-0.4, -0.2) is 12.3 Å². The smallest absolute Gasteiger partial charge is 0.0452 e. The monoisotopic (exact) mass is 163 g/mol. The van der Waals surface area contributed by atoms with Crippen LogP contribution in [0.15, 0.2) is 28.3 Å². The molecular weight excluding hydrogens is 146 g/mol. The summed E-state index contributed by atoms with van der Waals surface area (Å²) in [5.74, 6) is 0.573. The average Bonchev–Trinajstić information content (AvgIpc) is 1.99. The molecule has 66 valence electrons. The first-order chi connectivity index (χ1) is 5.59. The van der Waals surface area contributed by atoms with Crippen LogP contribution in [0.1, 0.15) is 27.7 Å². The summed E-state index contributed by atoms with van der Waals surface area (Å²) in [6, 6.07) is 0. The van der Waals surface area contributed by atoms with Crippen LogP contribution in [0.3, 0.4) is 0 Å². The van der Waals surface area contributed by atoms with E-state index in [2.05, 4.69) is 44.8 Å². The van der Waals surface area contributed by atoms with Gasteiger partial charge in [-0.2, -0.15) is 0 Å². The van der Waals surface area contributed by atoms with Gasteiger partial charge in [0.1, 0.15) is 0 Å². The van der Waals surface area contributed by atoms with Crippen molar-refractivity contribution in [2.45, 2.75) is 27.7 Å². The van der Waals surface area contributed by atoms with E-state index in [4.69, 9.17) is 0 Å². The van der Waals surface area contributed by atoms with Crippen LogP contribution in [0.4, 0.5) is 0 Å². The molecule has 0 radical (unpaired) electrons. The van der Waals surface area contributed by atoms with Gasteiger partial charge >= 0.3 is 0 Å². The Bertz CT molecular complexity index is 256. The molecule has 1 atom stereocenters. The number of nitrogens with zero attached hydrogens (tertiary/aromatic N) is 1. The van der Waals surface area contributed by atoms with Crippen molar-refractivity contribution in [3.8, 4) is 0 Å². The zero-order chi connectivity index (χ0) is 9.14. The highest BCUT2D eigenvalue weighted by atomic mass is 14.7. The Morgan fingerprint density at radius 3 is 2.58 bits per heavy atom. The Hall–Kier alpha value is -0.850. The molecular formula is C11H17N. The molecule has 0 bridgehead atoms. The summed E-state index contributed by atoms with van der Waals surface area (Å²) < 4.78 is 0. The molecule has 1 nitrogen and oxygen atoms in total. The first-order valence-corrected chi connectivity index (χ1v) is 4.47. The molecule has 1 rings (SSSR count). The molecule has 0 amide bonds. The first kappa shape index (κ1) is 9.24. The molecule has 1 heterocycles. The second-order valence-electron chi connectivity index (χ2n) is 3.64. The van der Waals surface area contributed by atoms with E-state index in [0.29, 0.717) is 5.92 Å². The lowest BCUT2D eigenvalue weighted by Gasteiger charge is -2.10. The number of allylic oxidation sites excluding steroid dienone is 3. The Labute approximate surface area is 74.9 Å². The lowest BCUT2D eigenvalue weighted by Crippen LogP contribution is -2.03. The van der Waals surface area contributed by atoms with Gasteiger partial charge in [0.25, 0.3) is 0 Å². The topological polar surface area (TPSA) is 12.4 Å². The Morgan fingerprint density at radius 1 is 1.25 bits per heavy atom. The van der Waals surface area contributed by atoms with E-state index in [1.165, 1.54) is 11.1 Å². The van der Waals surface area contributed by atoms with Gasteiger partial charge in [-0.3, -0.25) is 4.99 Å². The minimum atomic E-state index is 0.573. The molecule has 0 spiro atoms. The summed E-state index contributed by atoms with van der Waals surface area (Å²) in [6.45, 7) is 9.50. The van der Waals surface area contributed by atoms with Crippen LogP contribution < -0.4 is 0 Å². The molecule has 0 aromatic heterocycles. The normalized spacial score (nSPS) is 25.0. The fraction of sp³-hybridized carbons (Fsp3) is 0.545. The molecule has 0 saturated carbocycles. The van der Waals surface area contributed by atoms with Crippen molar-refractivity contribution in [3.05, 3.63) is 23.3 Å². The molecule has 0 N–H and O–H groups in total. The van der Waals surface area contributed by atoms with Gasteiger partial charge in [-0.1, -0.05) is 18.6 Å². The number of rotatable bonds is 0. The number of aliphatic imine (C=N–C) groups is 1. The van der Waals surface area contributed by atoms with Gasteiger partial charge in [0.2, 0.25) is 0 Å². The Balaban J connectivity index is 2.98. The summed E-state index contributed by atoms with van der Waals surface area (Å²) in [5, 5.41) is 0. The molecule has 0 saturated heterocycles. The van der Waals surface area contributed by atoms with Crippen molar-refractivity contribution in [1.29, 1.82) is 0 Å². The van der Waals surface area contributed by atoms with Crippen molar-refractivity contribution in [2.75, 3.05) is 6.54 Å². The molecule has 0 aromatic carbocycles. The van der Waals surface area contributed by atoms with Crippen molar-refractivity contribution in [1.82, 2.24) is 0 Å². The van der Waals surface area contributed by atoms with Crippen molar-refractivity contribution in [3.63, 3.8) is 0 Å². The van der Waals surface area contributed by atoms with Crippen molar-refractivity contribution < 1.29 is 0 Å². The minimum Gasteiger partial charge on any atom is -0.289 e. The highest BCUT2D eigenvalue weighted by molar-refractivity contribution is 5.94. The predicted molar refractivity (Wildman–Crippen MR) is 54.7 cm³/mol. The average molecular weight is 163 g/mol. The maximum Gasteiger partial charge on any atom is 0.0452 e. The van der Waals surface area contributed by atoms with Crippen LogP contribution in [0.2, 0.25) is 0 Å². The largest absolute Gasteiger partial charge is 0.289 e. The zero-order valence-corrected chi connectivity index (χ0v) is 8.39. The van der Waals surface area contributed by atoms with Gasteiger partial charge in [0.05, 0.1) is 0 Å². The molecule has 12 heavy (non-hydrogen) atoms. The van der Waals surface area contributed by atoms with Gasteiger partial charge in [0.15, 0.2) is 0 Å². The molecule has 1 aliphatic heterocycles. The molecule has 0 aliphatic carbocycles. The summed E-state index contributed by atoms with van der Waals surface area (Å²) in [5.41, 5.74) is 3.87. The molecule has 0 fully saturated rings. The van der Waals surface area contributed by atoms with Gasteiger partial charge in [0, 0.05) is 12.3 Å². The maximum absolute atomic E-state index is 4.45.